The van der Waals surface area contributed by atoms with Crippen LogP contribution in [0.3, 0.4) is 0 Å². The third kappa shape index (κ3) is 7.07. The molecule has 0 aliphatic heterocycles. The number of nitro benzene ring substituents is 2. The van der Waals surface area contributed by atoms with Crippen molar-refractivity contribution in [1.82, 2.24) is 0 Å². The molecular weight excluding hydrogens is 521 g/mol. The molecule has 3 aromatic rings. The van der Waals surface area contributed by atoms with Gasteiger partial charge in [0.05, 0.1) is 33.3 Å². The summed E-state index contributed by atoms with van der Waals surface area (Å²) in [6.07, 6.45) is -3.49. The fourth-order valence-electron chi connectivity index (χ4n) is 3.06. The number of nitro groups is 2. The van der Waals surface area contributed by atoms with Crippen molar-refractivity contribution < 1.29 is 32.5 Å². The van der Waals surface area contributed by atoms with Crippen LogP contribution in [-0.2, 0) is 12.8 Å². The molecule has 0 spiro atoms. The highest BCUT2D eigenvalue weighted by Crippen LogP contribution is 2.37. The van der Waals surface area contributed by atoms with E-state index in [-0.39, 0.29) is 41.1 Å². The van der Waals surface area contributed by atoms with Gasteiger partial charge in [0.2, 0.25) is 0 Å². The molecule has 0 radical (unpaired) electrons. The summed E-state index contributed by atoms with van der Waals surface area (Å²) in [4.78, 5) is 20.5. The first-order valence-corrected chi connectivity index (χ1v) is 10.8. The maximum atomic E-state index is 12.9. The van der Waals surface area contributed by atoms with Crippen LogP contribution >= 0.6 is 11.6 Å². The third-order valence-corrected chi connectivity index (χ3v) is 5.06. The van der Waals surface area contributed by atoms with Crippen molar-refractivity contribution in [3.8, 4) is 11.5 Å². The molecule has 0 saturated carbocycles. The lowest BCUT2D eigenvalue weighted by atomic mass is 10.1. The van der Waals surface area contributed by atoms with E-state index >= 15 is 0 Å². The number of anilines is 1. The average Bonchev–Trinajstić information content (AvgIpc) is 2.83. The number of nitrogens with zero attached hydrogens (tertiary/aromatic N) is 3. The molecule has 0 unspecified atom stereocenters. The van der Waals surface area contributed by atoms with Crippen LogP contribution in [0.15, 0.2) is 59.7 Å². The lowest BCUT2D eigenvalue weighted by Crippen LogP contribution is -2.06. The molecule has 0 atom stereocenters. The number of hydrogen-bond donors (Lipinski definition) is 1. The maximum Gasteiger partial charge on any atom is 0.416 e. The Kier molecular flexibility index (Phi) is 8.50. The van der Waals surface area contributed by atoms with Crippen molar-refractivity contribution in [3.05, 3.63) is 96.5 Å². The average molecular weight is 539 g/mol. The summed E-state index contributed by atoms with van der Waals surface area (Å²) in [7, 11) is 0. The van der Waals surface area contributed by atoms with Crippen molar-refractivity contribution in [2.24, 2.45) is 5.10 Å². The second-order valence-electron chi connectivity index (χ2n) is 7.33. The van der Waals surface area contributed by atoms with Gasteiger partial charge in [-0.15, -0.1) is 0 Å². The molecule has 10 nitrogen and oxygen atoms in total. The van der Waals surface area contributed by atoms with Crippen molar-refractivity contribution >= 4 is 34.9 Å². The summed E-state index contributed by atoms with van der Waals surface area (Å²) in [5.41, 5.74) is 1.16. The number of rotatable bonds is 10. The first kappa shape index (κ1) is 27.2. The minimum atomic E-state index is -4.73. The monoisotopic (exact) mass is 538 g/mol. The van der Waals surface area contributed by atoms with Crippen molar-refractivity contribution in [3.63, 3.8) is 0 Å². The number of alkyl halides is 3. The quantitative estimate of drug-likeness (QED) is 0.175. The third-order valence-electron chi connectivity index (χ3n) is 4.78. The Labute approximate surface area is 212 Å². The molecule has 0 saturated heterocycles. The topological polar surface area (TPSA) is 129 Å². The zero-order chi connectivity index (χ0) is 27.2. The molecule has 14 heteroatoms. The summed E-state index contributed by atoms with van der Waals surface area (Å²) in [5, 5.41) is 26.0. The van der Waals surface area contributed by atoms with Crippen LogP contribution in [-0.4, -0.2) is 22.7 Å². The van der Waals surface area contributed by atoms with Gasteiger partial charge < -0.3 is 9.47 Å². The van der Waals surface area contributed by atoms with Gasteiger partial charge in [-0.05, 0) is 54.4 Å². The van der Waals surface area contributed by atoms with Gasteiger partial charge in [0.1, 0.15) is 12.3 Å². The van der Waals surface area contributed by atoms with Crippen LogP contribution in [0.5, 0.6) is 11.5 Å². The van der Waals surface area contributed by atoms with Crippen molar-refractivity contribution in [2.75, 3.05) is 12.0 Å². The highest BCUT2D eigenvalue weighted by atomic mass is 35.5. The predicted molar refractivity (Wildman–Crippen MR) is 129 cm³/mol. The van der Waals surface area contributed by atoms with Gasteiger partial charge in [0, 0.05) is 18.2 Å². The Morgan fingerprint density at radius 3 is 2.32 bits per heavy atom. The van der Waals surface area contributed by atoms with E-state index in [4.69, 9.17) is 21.1 Å². The first-order valence-electron chi connectivity index (χ1n) is 10.5. The molecule has 0 fully saturated rings. The second-order valence-corrected chi connectivity index (χ2v) is 7.74. The Hall–Kier alpha value is -4.39. The molecule has 0 aromatic heterocycles. The zero-order valence-electron chi connectivity index (χ0n) is 19.0. The number of halogens is 4. The minimum Gasteiger partial charge on any atom is -0.490 e. The first-order chi connectivity index (χ1) is 17.5. The van der Waals surface area contributed by atoms with Crippen LogP contribution in [0.2, 0.25) is 5.02 Å². The summed E-state index contributed by atoms with van der Waals surface area (Å²) in [6, 6.07) is 10.8. The van der Waals surface area contributed by atoms with Gasteiger partial charge in [0.15, 0.2) is 11.5 Å². The van der Waals surface area contributed by atoms with Crippen LogP contribution < -0.4 is 14.9 Å². The SMILES string of the molecule is CCOc1cc(/C=N\Nc2ccc(C(F)(F)F)cc2[N+](=O)[O-])cc(Cl)c1OCc1ccc([N+](=O)[O-])cc1. The number of nitrogens with one attached hydrogen (secondary N) is 1. The highest BCUT2D eigenvalue weighted by molar-refractivity contribution is 6.32. The Bertz CT molecular complexity index is 1330. The van der Waals surface area contributed by atoms with Gasteiger partial charge >= 0.3 is 6.18 Å². The van der Waals surface area contributed by atoms with Crippen LogP contribution in [0, 0.1) is 20.2 Å². The molecule has 1 N–H and O–H groups in total. The lowest BCUT2D eigenvalue weighted by Gasteiger charge is -2.14. The van der Waals surface area contributed by atoms with E-state index in [1.807, 2.05) is 0 Å². The summed E-state index contributed by atoms with van der Waals surface area (Å²) in [6.45, 7) is 2.05. The van der Waals surface area contributed by atoms with E-state index in [1.165, 1.54) is 30.5 Å². The van der Waals surface area contributed by atoms with E-state index in [0.717, 1.165) is 6.07 Å². The van der Waals surface area contributed by atoms with E-state index in [2.05, 4.69) is 10.5 Å². The summed E-state index contributed by atoms with van der Waals surface area (Å²) in [5.74, 6) is 0.476. The van der Waals surface area contributed by atoms with Gasteiger partial charge in [-0.1, -0.05) is 11.6 Å². The molecule has 0 bridgehead atoms. The molecule has 0 aliphatic carbocycles. The van der Waals surface area contributed by atoms with Crippen LogP contribution in [0.25, 0.3) is 0 Å². The van der Waals surface area contributed by atoms with E-state index in [1.54, 1.807) is 19.1 Å². The normalized spacial score (nSPS) is 11.4. The van der Waals surface area contributed by atoms with Crippen LogP contribution in [0.1, 0.15) is 23.6 Å². The molecule has 3 rings (SSSR count). The molecule has 0 heterocycles. The van der Waals surface area contributed by atoms with Crippen molar-refractivity contribution in [2.45, 2.75) is 19.7 Å². The lowest BCUT2D eigenvalue weighted by molar-refractivity contribution is -0.384. The number of non-ortho nitro benzene ring substituents is 1. The molecule has 0 amide bonds. The molecule has 3 aromatic carbocycles. The largest absolute Gasteiger partial charge is 0.490 e. The van der Waals surface area contributed by atoms with Gasteiger partial charge in [-0.3, -0.25) is 25.7 Å². The van der Waals surface area contributed by atoms with E-state index < -0.39 is 27.3 Å². The number of hydrazone groups is 1. The smallest absolute Gasteiger partial charge is 0.416 e. The fraction of sp³-hybridized carbons (Fsp3) is 0.174. The Morgan fingerprint density at radius 1 is 1.03 bits per heavy atom. The Morgan fingerprint density at radius 2 is 1.73 bits per heavy atom. The van der Waals surface area contributed by atoms with Crippen LogP contribution in [0.4, 0.5) is 30.2 Å². The highest BCUT2D eigenvalue weighted by Gasteiger charge is 2.33. The number of benzene rings is 3. The molecule has 37 heavy (non-hydrogen) atoms. The van der Waals surface area contributed by atoms with Gasteiger partial charge in [-0.25, -0.2) is 0 Å². The van der Waals surface area contributed by atoms with Crippen molar-refractivity contribution in [1.29, 1.82) is 0 Å². The summed E-state index contributed by atoms with van der Waals surface area (Å²) < 4.78 is 50.0. The molecular formula is C23H18ClF3N4O6. The van der Waals surface area contributed by atoms with E-state index in [0.29, 0.717) is 23.3 Å². The summed E-state index contributed by atoms with van der Waals surface area (Å²) >= 11 is 6.35. The number of hydrogen-bond acceptors (Lipinski definition) is 8. The second kappa shape index (κ2) is 11.6. The standard InChI is InChI=1S/C23H18ClF3N4O6/c1-2-36-21-10-15(9-18(24)22(21)37-13-14-3-6-17(7-4-14)30(32)33)12-28-29-19-8-5-16(23(25,26)27)11-20(19)31(34)35/h3-12,29H,2,13H2,1H3/b28-12-. The maximum absolute atomic E-state index is 12.9. The fourth-order valence-corrected chi connectivity index (χ4v) is 3.34. The predicted octanol–water partition coefficient (Wildman–Crippen LogP) is 6.60. The van der Waals surface area contributed by atoms with Gasteiger partial charge in [0.25, 0.3) is 11.4 Å². The minimum absolute atomic E-state index is 0.0460. The number of ether oxygens (including phenoxy) is 2. The molecule has 0 aliphatic rings. The Balaban J connectivity index is 1.78. The molecule has 194 valence electrons. The zero-order valence-corrected chi connectivity index (χ0v) is 19.7. The van der Waals surface area contributed by atoms with E-state index in [9.17, 15) is 33.4 Å². The van der Waals surface area contributed by atoms with Gasteiger partial charge in [-0.2, -0.15) is 18.3 Å².